The van der Waals surface area contributed by atoms with Crippen molar-refractivity contribution in [1.29, 1.82) is 0 Å². The third kappa shape index (κ3) is 5.27. The number of hydrogen-bond acceptors (Lipinski definition) is 12. The van der Waals surface area contributed by atoms with Crippen LogP contribution in [0.2, 0.25) is 0 Å². The van der Waals surface area contributed by atoms with Gasteiger partial charge in [0.2, 0.25) is 0 Å². The van der Waals surface area contributed by atoms with Crippen molar-refractivity contribution < 1.29 is 34.3 Å². The van der Waals surface area contributed by atoms with Crippen LogP contribution in [0.1, 0.15) is 13.3 Å². The molecule has 0 amide bonds. The predicted octanol–water partition coefficient (Wildman–Crippen LogP) is -4.20. The van der Waals surface area contributed by atoms with Crippen LogP contribution in [0.25, 0.3) is 0 Å². The van der Waals surface area contributed by atoms with Gasteiger partial charge < -0.3 is 62.5 Å². The van der Waals surface area contributed by atoms with E-state index < -0.39 is 66.8 Å². The second-order valence-corrected chi connectivity index (χ2v) is 8.79. The van der Waals surface area contributed by atoms with Crippen LogP contribution < -0.4 is 28.3 Å². The number of aliphatic hydroxyl groups is 3. The lowest BCUT2D eigenvalue weighted by atomic mass is 9.84. The zero-order valence-electron chi connectivity index (χ0n) is 17.9. The van der Waals surface area contributed by atoms with Gasteiger partial charge in [0.1, 0.15) is 30.0 Å². The van der Waals surface area contributed by atoms with E-state index in [1.807, 2.05) is 0 Å². The van der Waals surface area contributed by atoms with E-state index in [2.05, 4.69) is 5.32 Å². The van der Waals surface area contributed by atoms with Crippen molar-refractivity contribution in [2.45, 2.75) is 86.2 Å². The Labute approximate surface area is 181 Å². The zero-order chi connectivity index (χ0) is 22.9. The highest BCUT2D eigenvalue weighted by atomic mass is 16.7. The molecular formula is C19H37N5O7. The largest absolute Gasteiger partial charge is 0.388 e. The zero-order valence-corrected chi connectivity index (χ0v) is 17.9. The molecule has 12 nitrogen and oxygen atoms in total. The van der Waals surface area contributed by atoms with Gasteiger partial charge in [-0.25, -0.2) is 0 Å². The lowest BCUT2D eigenvalue weighted by Gasteiger charge is -2.48. The minimum absolute atomic E-state index is 0.0741. The molecule has 3 aliphatic rings. The summed E-state index contributed by atoms with van der Waals surface area (Å²) in [6.45, 7) is 1.73. The first-order valence-electron chi connectivity index (χ1n) is 10.6. The van der Waals surface area contributed by atoms with E-state index in [1.54, 1.807) is 26.1 Å². The summed E-state index contributed by atoms with van der Waals surface area (Å²) in [5, 5.41) is 34.9. The van der Waals surface area contributed by atoms with E-state index in [1.165, 1.54) is 0 Å². The number of hydrogen-bond donors (Lipinski definition) is 8. The molecule has 2 fully saturated rings. The van der Waals surface area contributed by atoms with Crippen LogP contribution in [-0.4, -0.2) is 108 Å². The summed E-state index contributed by atoms with van der Waals surface area (Å²) in [7, 11) is 1.62. The van der Waals surface area contributed by atoms with Gasteiger partial charge in [0.05, 0.1) is 24.8 Å². The number of aliphatic hydroxyl groups excluding tert-OH is 2. The summed E-state index contributed by atoms with van der Waals surface area (Å²) in [5.74, 6) is 0. The van der Waals surface area contributed by atoms with Crippen molar-refractivity contribution in [2.75, 3.05) is 20.2 Å². The molecule has 3 rings (SSSR count). The summed E-state index contributed by atoms with van der Waals surface area (Å²) in [4.78, 5) is 0. The van der Waals surface area contributed by atoms with E-state index in [4.69, 9.17) is 41.9 Å². The van der Waals surface area contributed by atoms with Crippen LogP contribution in [-0.2, 0) is 18.9 Å². The molecule has 2 heterocycles. The fraction of sp³-hybridized carbons (Fsp3) is 0.895. The first kappa shape index (κ1) is 24.9. The highest BCUT2D eigenvalue weighted by molar-refractivity contribution is 5.05. The van der Waals surface area contributed by atoms with Gasteiger partial charge in [0.25, 0.3) is 0 Å². The van der Waals surface area contributed by atoms with Gasteiger partial charge in [0, 0.05) is 18.6 Å². The molecule has 1 saturated heterocycles. The Bertz CT molecular complexity index is 626. The highest BCUT2D eigenvalue weighted by Crippen LogP contribution is 2.30. The van der Waals surface area contributed by atoms with Crippen molar-refractivity contribution in [3.8, 4) is 0 Å². The lowest BCUT2D eigenvalue weighted by molar-refractivity contribution is -0.304. The Hall–Kier alpha value is -0.740. The molecule has 0 spiro atoms. The van der Waals surface area contributed by atoms with Crippen LogP contribution >= 0.6 is 0 Å². The van der Waals surface area contributed by atoms with Crippen molar-refractivity contribution in [3.05, 3.63) is 12.2 Å². The standard InChI is InChI=1S/C19H37N5O7/c1-19(27)7-28-18(13(26)16(19)24-2)31-15-11(23)5-10(22)14(12(15)25)30-17-9(21)4-3-8(6-20)29-17/h3-4,8-18,24-27H,5-7,20-23H2,1-2H3. The normalized spacial score (nSPS) is 51.1. The monoisotopic (exact) mass is 447 g/mol. The van der Waals surface area contributed by atoms with Gasteiger partial charge in [0.15, 0.2) is 12.6 Å². The molecule has 12 atom stereocenters. The van der Waals surface area contributed by atoms with Gasteiger partial charge in [-0.3, -0.25) is 0 Å². The Kier molecular flexibility index (Phi) is 8.06. The van der Waals surface area contributed by atoms with Gasteiger partial charge in [-0.2, -0.15) is 0 Å². The fourth-order valence-electron chi connectivity index (χ4n) is 4.42. The third-order valence-electron chi connectivity index (χ3n) is 6.19. The van der Waals surface area contributed by atoms with Crippen molar-refractivity contribution in [1.82, 2.24) is 5.32 Å². The van der Waals surface area contributed by atoms with Crippen LogP contribution in [0.15, 0.2) is 12.2 Å². The molecule has 12 heteroatoms. The minimum Gasteiger partial charge on any atom is -0.388 e. The van der Waals surface area contributed by atoms with Crippen LogP contribution in [0, 0.1) is 0 Å². The van der Waals surface area contributed by atoms with Crippen LogP contribution in [0.4, 0.5) is 0 Å². The maximum Gasteiger partial charge on any atom is 0.185 e. The molecule has 1 saturated carbocycles. The van der Waals surface area contributed by atoms with E-state index in [0.717, 1.165) is 0 Å². The summed E-state index contributed by atoms with van der Waals surface area (Å²) in [5.41, 5.74) is 22.8. The first-order valence-corrected chi connectivity index (χ1v) is 10.6. The van der Waals surface area contributed by atoms with Crippen molar-refractivity contribution >= 4 is 0 Å². The molecular weight excluding hydrogens is 410 g/mol. The molecule has 0 aromatic carbocycles. The predicted molar refractivity (Wildman–Crippen MR) is 110 cm³/mol. The maximum atomic E-state index is 11.0. The maximum absolute atomic E-state index is 11.0. The quantitative estimate of drug-likeness (QED) is 0.182. The van der Waals surface area contributed by atoms with Crippen LogP contribution in [0.3, 0.4) is 0 Å². The number of ether oxygens (including phenoxy) is 4. The fourth-order valence-corrected chi connectivity index (χ4v) is 4.42. The number of nitrogens with two attached hydrogens (primary N) is 4. The van der Waals surface area contributed by atoms with E-state index >= 15 is 0 Å². The number of likely N-dealkylation sites (N-methyl/N-ethyl adjacent to an activating group) is 1. The average molecular weight is 448 g/mol. The highest BCUT2D eigenvalue weighted by Gasteiger charge is 2.50. The molecule has 1 aliphatic carbocycles. The Morgan fingerprint density at radius 3 is 2.26 bits per heavy atom. The average Bonchev–Trinajstić information content (AvgIpc) is 2.71. The van der Waals surface area contributed by atoms with Gasteiger partial charge in [-0.1, -0.05) is 12.2 Å². The van der Waals surface area contributed by atoms with Crippen molar-refractivity contribution in [2.24, 2.45) is 22.9 Å². The topological polar surface area (TPSA) is 214 Å². The smallest absolute Gasteiger partial charge is 0.185 e. The summed E-state index contributed by atoms with van der Waals surface area (Å²) in [6, 6.07) is -2.48. The summed E-state index contributed by atoms with van der Waals surface area (Å²) in [6.07, 6.45) is -2.78. The van der Waals surface area contributed by atoms with E-state index in [-0.39, 0.29) is 19.3 Å². The molecule has 0 radical (unpaired) electrons. The molecule has 0 aromatic heterocycles. The summed E-state index contributed by atoms with van der Waals surface area (Å²) < 4.78 is 23.1. The molecule has 12 unspecified atom stereocenters. The van der Waals surface area contributed by atoms with E-state index in [9.17, 15) is 15.3 Å². The SMILES string of the molecule is CNC1C(O)C(OC2C(N)CC(N)C(OC3OC(CN)C=CC3N)C2O)OCC1(C)O. The first-order chi connectivity index (χ1) is 14.6. The molecule has 2 aliphatic heterocycles. The molecule has 0 bridgehead atoms. The van der Waals surface area contributed by atoms with Gasteiger partial charge in [-0.15, -0.1) is 0 Å². The summed E-state index contributed by atoms with van der Waals surface area (Å²) >= 11 is 0. The number of nitrogens with one attached hydrogen (secondary N) is 1. The Morgan fingerprint density at radius 2 is 1.68 bits per heavy atom. The van der Waals surface area contributed by atoms with Crippen LogP contribution in [0.5, 0.6) is 0 Å². The second kappa shape index (κ2) is 10.0. The van der Waals surface area contributed by atoms with Gasteiger partial charge >= 0.3 is 0 Å². The molecule has 180 valence electrons. The number of rotatable bonds is 6. The molecule has 0 aromatic rings. The Morgan fingerprint density at radius 1 is 1.06 bits per heavy atom. The Balaban J connectivity index is 1.69. The second-order valence-electron chi connectivity index (χ2n) is 8.79. The van der Waals surface area contributed by atoms with Gasteiger partial charge in [-0.05, 0) is 20.4 Å². The molecule has 31 heavy (non-hydrogen) atoms. The van der Waals surface area contributed by atoms with Crippen molar-refractivity contribution in [3.63, 3.8) is 0 Å². The minimum atomic E-state index is -1.29. The third-order valence-corrected chi connectivity index (χ3v) is 6.19. The lowest BCUT2D eigenvalue weighted by Crippen LogP contribution is -2.68. The van der Waals surface area contributed by atoms with E-state index in [0.29, 0.717) is 6.42 Å². The molecule has 12 N–H and O–H groups in total.